The third-order valence-electron chi connectivity index (χ3n) is 4.97. The second-order valence-electron chi connectivity index (χ2n) is 7.70. The first-order chi connectivity index (χ1) is 15.5. The van der Waals surface area contributed by atoms with Crippen LogP contribution < -0.4 is 15.1 Å². The van der Waals surface area contributed by atoms with Gasteiger partial charge in [-0.05, 0) is 66.6 Å². The van der Waals surface area contributed by atoms with Crippen molar-refractivity contribution in [2.75, 3.05) is 19.0 Å². The molecule has 162 valence electrons. The van der Waals surface area contributed by atoms with Crippen LogP contribution in [0.25, 0.3) is 11.0 Å². The molecule has 2 N–H and O–H groups in total. The van der Waals surface area contributed by atoms with Gasteiger partial charge in [0.2, 0.25) is 0 Å². The van der Waals surface area contributed by atoms with Crippen molar-refractivity contribution in [3.05, 3.63) is 89.2 Å². The zero-order chi connectivity index (χ0) is 22.5. The topological polar surface area (TPSA) is 82.6 Å². The number of hydrogen-bond acceptors (Lipinski definition) is 5. The van der Waals surface area contributed by atoms with E-state index in [2.05, 4.69) is 26.6 Å². The maximum atomic E-state index is 12.3. The number of imidazole rings is 1. The van der Waals surface area contributed by atoms with Gasteiger partial charge in [-0.15, -0.1) is 0 Å². The largest absolute Gasteiger partial charge is 0.486 e. The van der Waals surface area contributed by atoms with Gasteiger partial charge in [0.05, 0.1) is 17.2 Å². The average molecular weight is 428 g/mol. The third-order valence-corrected chi connectivity index (χ3v) is 4.97. The van der Waals surface area contributed by atoms with Crippen molar-refractivity contribution in [2.24, 2.45) is 5.10 Å². The highest BCUT2D eigenvalue weighted by Gasteiger charge is 2.06. The van der Waals surface area contributed by atoms with Crippen LogP contribution >= 0.6 is 0 Å². The highest BCUT2D eigenvalue weighted by Crippen LogP contribution is 2.17. The molecule has 4 aromatic rings. The number of H-pyrrole nitrogens is 1. The summed E-state index contributed by atoms with van der Waals surface area (Å²) >= 11 is 0. The van der Waals surface area contributed by atoms with E-state index in [0.29, 0.717) is 17.9 Å². The van der Waals surface area contributed by atoms with Gasteiger partial charge in [0.25, 0.3) is 5.91 Å². The number of anilines is 1. The van der Waals surface area contributed by atoms with Crippen LogP contribution in [-0.4, -0.2) is 36.2 Å². The summed E-state index contributed by atoms with van der Waals surface area (Å²) in [6.07, 6.45) is 1.61. The summed E-state index contributed by atoms with van der Waals surface area (Å²) in [4.78, 5) is 22.1. The molecule has 0 spiro atoms. The molecule has 7 nitrogen and oxygen atoms in total. The van der Waals surface area contributed by atoms with E-state index in [1.807, 2.05) is 62.3 Å². The number of ether oxygens (including phenoxy) is 1. The van der Waals surface area contributed by atoms with Gasteiger partial charge in [0.1, 0.15) is 18.2 Å². The molecule has 0 saturated heterocycles. The second-order valence-corrected chi connectivity index (χ2v) is 7.70. The molecule has 0 aliphatic rings. The van der Waals surface area contributed by atoms with Gasteiger partial charge in [0.15, 0.2) is 0 Å². The zero-order valence-corrected chi connectivity index (χ0v) is 18.3. The molecule has 1 heterocycles. The summed E-state index contributed by atoms with van der Waals surface area (Å²) < 4.78 is 5.79. The number of carbonyl (C=O) groups excluding carboxylic acids is 1. The number of nitrogens with one attached hydrogen (secondary N) is 2. The Labute approximate surface area is 186 Å². The van der Waals surface area contributed by atoms with Gasteiger partial charge in [-0.25, -0.2) is 10.4 Å². The lowest BCUT2D eigenvalue weighted by atomic mass is 10.2. The number of nitrogens with zero attached hydrogens (tertiary/aromatic N) is 3. The lowest BCUT2D eigenvalue weighted by Gasteiger charge is -2.11. The highest BCUT2D eigenvalue weighted by atomic mass is 16.5. The molecule has 3 aromatic carbocycles. The van der Waals surface area contributed by atoms with Gasteiger partial charge in [-0.3, -0.25) is 4.79 Å². The van der Waals surface area contributed by atoms with Crippen molar-refractivity contribution in [1.29, 1.82) is 0 Å². The Bertz CT molecular complexity index is 1240. The van der Waals surface area contributed by atoms with Gasteiger partial charge >= 0.3 is 0 Å². The maximum absolute atomic E-state index is 12.3. The second kappa shape index (κ2) is 9.34. The molecule has 0 radical (unpaired) electrons. The number of rotatable bonds is 7. The number of aromatic amines is 1. The molecule has 4 rings (SSSR count). The van der Waals surface area contributed by atoms with Crippen molar-refractivity contribution in [1.82, 2.24) is 15.4 Å². The number of aromatic nitrogens is 2. The standard InChI is InChI=1S/C25H25N5O2/c1-17-4-13-22-23(14-17)28-24(27-22)16-32-21-11-7-19(8-12-21)25(31)29-26-15-18-5-9-20(10-6-18)30(2)3/h4-15H,16H2,1-3H3,(H,27,28)(H,29,31)/b26-15+. The summed E-state index contributed by atoms with van der Waals surface area (Å²) in [5, 5.41) is 4.04. The lowest BCUT2D eigenvalue weighted by Crippen LogP contribution is -2.17. The van der Waals surface area contributed by atoms with Crippen molar-refractivity contribution in [3.63, 3.8) is 0 Å². The molecule has 0 saturated carbocycles. The number of aryl methyl sites for hydroxylation is 1. The lowest BCUT2D eigenvalue weighted by molar-refractivity contribution is 0.0955. The molecule has 32 heavy (non-hydrogen) atoms. The van der Waals surface area contributed by atoms with Crippen LogP contribution in [0.4, 0.5) is 5.69 Å². The molecular formula is C25H25N5O2. The third kappa shape index (κ3) is 5.13. The number of carbonyl (C=O) groups is 1. The van der Waals surface area contributed by atoms with E-state index in [-0.39, 0.29) is 5.91 Å². The fourth-order valence-electron chi connectivity index (χ4n) is 3.19. The minimum atomic E-state index is -0.287. The maximum Gasteiger partial charge on any atom is 0.271 e. The van der Waals surface area contributed by atoms with E-state index in [0.717, 1.165) is 28.1 Å². The Morgan fingerprint density at radius 1 is 1.09 bits per heavy atom. The van der Waals surface area contributed by atoms with Crippen LogP contribution in [0.3, 0.4) is 0 Å². The molecule has 0 aliphatic carbocycles. The van der Waals surface area contributed by atoms with Crippen molar-refractivity contribution in [2.45, 2.75) is 13.5 Å². The Morgan fingerprint density at radius 2 is 1.84 bits per heavy atom. The number of fused-ring (bicyclic) bond motifs is 1. The quantitative estimate of drug-likeness (QED) is 0.341. The molecule has 0 aliphatic heterocycles. The van der Waals surface area contributed by atoms with Crippen LogP contribution in [-0.2, 0) is 6.61 Å². The predicted octanol–water partition coefficient (Wildman–Crippen LogP) is 4.28. The molecule has 0 bridgehead atoms. The van der Waals surface area contributed by atoms with Gasteiger partial charge in [-0.1, -0.05) is 18.2 Å². The molecular weight excluding hydrogens is 402 g/mol. The van der Waals surface area contributed by atoms with Gasteiger partial charge in [0, 0.05) is 25.3 Å². The Balaban J connectivity index is 1.30. The van der Waals surface area contributed by atoms with Gasteiger partial charge in [-0.2, -0.15) is 5.10 Å². The molecule has 0 atom stereocenters. The molecule has 7 heteroatoms. The van der Waals surface area contributed by atoms with Crippen LogP contribution in [0.2, 0.25) is 0 Å². The Kier molecular flexibility index (Phi) is 6.17. The number of hydrazone groups is 1. The SMILES string of the molecule is Cc1ccc2nc(COc3ccc(C(=O)N/N=C/c4ccc(N(C)C)cc4)cc3)[nH]c2c1. The van der Waals surface area contributed by atoms with Crippen LogP contribution in [0.1, 0.15) is 27.3 Å². The van der Waals surface area contributed by atoms with Crippen LogP contribution in [0.5, 0.6) is 5.75 Å². The normalized spacial score (nSPS) is 11.1. The molecule has 0 fully saturated rings. The smallest absolute Gasteiger partial charge is 0.271 e. The average Bonchev–Trinajstić information content (AvgIpc) is 3.20. The van der Waals surface area contributed by atoms with E-state index in [9.17, 15) is 4.79 Å². The van der Waals surface area contributed by atoms with E-state index >= 15 is 0 Å². The minimum Gasteiger partial charge on any atom is -0.486 e. The Morgan fingerprint density at radius 3 is 2.56 bits per heavy atom. The van der Waals surface area contributed by atoms with Crippen LogP contribution in [0.15, 0.2) is 71.8 Å². The number of amides is 1. The summed E-state index contributed by atoms with van der Waals surface area (Å²) in [5.41, 5.74) is 8.12. The fraction of sp³-hybridized carbons (Fsp3) is 0.160. The molecule has 1 aromatic heterocycles. The van der Waals surface area contributed by atoms with E-state index < -0.39 is 0 Å². The number of hydrogen-bond donors (Lipinski definition) is 2. The first kappa shape index (κ1) is 21.1. The van der Waals surface area contributed by atoms with Crippen molar-refractivity contribution >= 4 is 28.8 Å². The predicted molar refractivity (Wildman–Crippen MR) is 127 cm³/mol. The Hall–Kier alpha value is -4.13. The summed E-state index contributed by atoms with van der Waals surface area (Å²) in [6.45, 7) is 2.36. The number of benzene rings is 3. The monoisotopic (exact) mass is 427 g/mol. The van der Waals surface area contributed by atoms with Gasteiger partial charge < -0.3 is 14.6 Å². The first-order valence-electron chi connectivity index (χ1n) is 10.3. The minimum absolute atomic E-state index is 0.287. The zero-order valence-electron chi connectivity index (χ0n) is 18.3. The van der Waals surface area contributed by atoms with E-state index in [4.69, 9.17) is 4.74 Å². The summed E-state index contributed by atoms with van der Waals surface area (Å²) in [5.74, 6) is 1.12. The first-order valence-corrected chi connectivity index (χ1v) is 10.3. The fourth-order valence-corrected chi connectivity index (χ4v) is 3.19. The highest BCUT2D eigenvalue weighted by molar-refractivity contribution is 5.95. The van der Waals surface area contributed by atoms with E-state index in [1.54, 1.807) is 30.5 Å². The van der Waals surface area contributed by atoms with E-state index in [1.165, 1.54) is 5.56 Å². The summed E-state index contributed by atoms with van der Waals surface area (Å²) in [6, 6.07) is 20.9. The molecule has 0 unspecified atom stereocenters. The van der Waals surface area contributed by atoms with Crippen molar-refractivity contribution in [3.8, 4) is 5.75 Å². The van der Waals surface area contributed by atoms with Crippen LogP contribution in [0, 0.1) is 6.92 Å². The molecule has 1 amide bonds. The van der Waals surface area contributed by atoms with Crippen molar-refractivity contribution < 1.29 is 9.53 Å². The summed E-state index contributed by atoms with van der Waals surface area (Å²) in [7, 11) is 3.97.